The van der Waals surface area contributed by atoms with E-state index >= 15 is 0 Å². The molecule has 1 aliphatic heterocycles. The van der Waals surface area contributed by atoms with Gasteiger partial charge in [0, 0.05) is 34.8 Å². The van der Waals surface area contributed by atoms with E-state index in [1.54, 1.807) is 0 Å². The van der Waals surface area contributed by atoms with Gasteiger partial charge in [0.1, 0.15) is 0 Å². The van der Waals surface area contributed by atoms with E-state index in [4.69, 9.17) is 23.8 Å². The van der Waals surface area contributed by atoms with Crippen LogP contribution in [0.25, 0.3) is 5.69 Å². The number of halogens is 1. The number of hydrogen-bond donors (Lipinski definition) is 1. The molecular formula is C24H25ClN4S. The molecule has 1 saturated heterocycles. The number of hydrogen-bond acceptors (Lipinski definition) is 2. The molecule has 1 aromatic carbocycles. The molecule has 0 unspecified atom stereocenters. The predicted octanol–water partition coefficient (Wildman–Crippen LogP) is 5.83. The Labute approximate surface area is 187 Å². The van der Waals surface area contributed by atoms with Crippen molar-refractivity contribution >= 4 is 28.9 Å². The SMILES string of the molecule is S=C1N[C@H](c2ccccn2)[C@H](c2cccn2-c2cccc(Cl)c2)N1C1CCCCC1. The topological polar surface area (TPSA) is 33.1 Å². The second kappa shape index (κ2) is 8.40. The summed E-state index contributed by atoms with van der Waals surface area (Å²) in [5.74, 6) is 0. The summed E-state index contributed by atoms with van der Waals surface area (Å²) in [5, 5.41) is 5.17. The quantitative estimate of drug-likeness (QED) is 0.521. The van der Waals surface area contributed by atoms with Gasteiger partial charge in [0.15, 0.2) is 5.11 Å². The Hall–Kier alpha value is -2.37. The molecule has 3 aromatic rings. The van der Waals surface area contributed by atoms with Gasteiger partial charge >= 0.3 is 0 Å². The first-order chi connectivity index (χ1) is 14.7. The first-order valence-electron chi connectivity index (χ1n) is 10.7. The molecule has 0 amide bonds. The number of thiocarbonyl (C=S) groups is 1. The zero-order chi connectivity index (χ0) is 20.5. The summed E-state index contributed by atoms with van der Waals surface area (Å²) in [4.78, 5) is 7.12. The van der Waals surface area contributed by atoms with Crippen molar-refractivity contribution in [3.05, 3.63) is 83.4 Å². The van der Waals surface area contributed by atoms with Crippen LogP contribution in [-0.2, 0) is 0 Å². The van der Waals surface area contributed by atoms with Gasteiger partial charge in [-0.1, -0.05) is 43.0 Å². The maximum Gasteiger partial charge on any atom is 0.170 e. The van der Waals surface area contributed by atoms with E-state index in [2.05, 4.69) is 50.2 Å². The molecule has 2 atom stereocenters. The van der Waals surface area contributed by atoms with Gasteiger partial charge in [-0.2, -0.15) is 0 Å². The van der Waals surface area contributed by atoms with Gasteiger partial charge < -0.3 is 14.8 Å². The van der Waals surface area contributed by atoms with Crippen LogP contribution in [0.5, 0.6) is 0 Å². The Kier molecular flexibility index (Phi) is 5.48. The molecule has 0 spiro atoms. The third-order valence-electron chi connectivity index (χ3n) is 6.27. The minimum Gasteiger partial charge on any atom is -0.352 e. The van der Waals surface area contributed by atoms with Gasteiger partial charge in [-0.15, -0.1) is 0 Å². The fourth-order valence-corrected chi connectivity index (χ4v) is 5.50. The van der Waals surface area contributed by atoms with E-state index in [0.29, 0.717) is 6.04 Å². The summed E-state index contributed by atoms with van der Waals surface area (Å²) in [6.45, 7) is 0. The van der Waals surface area contributed by atoms with Gasteiger partial charge in [0.05, 0.1) is 17.8 Å². The van der Waals surface area contributed by atoms with Crippen molar-refractivity contribution in [2.75, 3.05) is 0 Å². The molecule has 4 nitrogen and oxygen atoms in total. The first kappa shape index (κ1) is 19.6. The van der Waals surface area contributed by atoms with Crippen LogP contribution >= 0.6 is 23.8 Å². The fourth-order valence-electron chi connectivity index (χ4n) is 4.93. The molecule has 2 fully saturated rings. The molecule has 2 aromatic heterocycles. The number of rotatable bonds is 4. The van der Waals surface area contributed by atoms with Crippen LogP contribution in [0.2, 0.25) is 5.02 Å². The summed E-state index contributed by atoms with van der Waals surface area (Å²) in [6, 6.07) is 18.9. The number of benzene rings is 1. The Morgan fingerprint density at radius 2 is 1.87 bits per heavy atom. The molecule has 2 aliphatic rings. The molecule has 3 heterocycles. The van der Waals surface area contributed by atoms with Gasteiger partial charge in [0.25, 0.3) is 0 Å². The van der Waals surface area contributed by atoms with Crippen LogP contribution in [0.4, 0.5) is 0 Å². The third-order valence-corrected chi connectivity index (χ3v) is 6.84. The minimum absolute atomic E-state index is 0.00783. The zero-order valence-electron chi connectivity index (χ0n) is 16.7. The molecule has 1 aliphatic carbocycles. The van der Waals surface area contributed by atoms with Crippen molar-refractivity contribution in [1.29, 1.82) is 0 Å². The van der Waals surface area contributed by atoms with Crippen LogP contribution in [-0.4, -0.2) is 25.6 Å². The van der Waals surface area contributed by atoms with Crippen molar-refractivity contribution < 1.29 is 0 Å². The lowest BCUT2D eigenvalue weighted by Gasteiger charge is -2.37. The number of nitrogens with one attached hydrogen (secondary N) is 1. The first-order valence-corrected chi connectivity index (χ1v) is 11.4. The Bertz CT molecular complexity index is 1030. The van der Waals surface area contributed by atoms with Crippen molar-refractivity contribution in [3.8, 4) is 5.69 Å². The number of pyridine rings is 1. The average molecular weight is 437 g/mol. The summed E-state index contributed by atoms with van der Waals surface area (Å²) in [5.41, 5.74) is 3.27. The lowest BCUT2D eigenvalue weighted by Crippen LogP contribution is -2.40. The van der Waals surface area contributed by atoms with E-state index in [9.17, 15) is 0 Å². The third kappa shape index (κ3) is 3.61. The van der Waals surface area contributed by atoms with Gasteiger partial charge in [-0.05, 0) is 67.5 Å². The highest BCUT2D eigenvalue weighted by Gasteiger charge is 2.44. The van der Waals surface area contributed by atoms with Crippen molar-refractivity contribution in [3.63, 3.8) is 0 Å². The summed E-state index contributed by atoms with van der Waals surface area (Å²) in [7, 11) is 0. The minimum atomic E-state index is 0.00783. The number of aromatic nitrogens is 2. The number of nitrogens with zero attached hydrogens (tertiary/aromatic N) is 3. The van der Waals surface area contributed by atoms with Gasteiger partial charge in [0.2, 0.25) is 0 Å². The maximum atomic E-state index is 6.31. The van der Waals surface area contributed by atoms with Gasteiger partial charge in [-0.25, -0.2) is 0 Å². The smallest absolute Gasteiger partial charge is 0.170 e. The Morgan fingerprint density at radius 3 is 2.63 bits per heavy atom. The van der Waals surface area contributed by atoms with E-state index < -0.39 is 0 Å². The normalized spacial score (nSPS) is 22.3. The molecule has 6 heteroatoms. The molecule has 30 heavy (non-hydrogen) atoms. The molecule has 0 bridgehead atoms. The highest BCUT2D eigenvalue weighted by Crippen LogP contribution is 2.43. The summed E-state index contributed by atoms with van der Waals surface area (Å²) >= 11 is 12.2. The second-order valence-electron chi connectivity index (χ2n) is 8.11. The molecule has 0 radical (unpaired) electrons. The van der Waals surface area contributed by atoms with Crippen LogP contribution in [0.15, 0.2) is 67.0 Å². The van der Waals surface area contributed by atoms with Crippen LogP contribution in [0, 0.1) is 0 Å². The lowest BCUT2D eigenvalue weighted by molar-refractivity contribution is 0.193. The monoisotopic (exact) mass is 436 g/mol. The fraction of sp³-hybridized carbons (Fsp3) is 0.333. The van der Waals surface area contributed by atoms with Crippen LogP contribution in [0.1, 0.15) is 55.6 Å². The highest BCUT2D eigenvalue weighted by atomic mass is 35.5. The molecule has 154 valence electrons. The van der Waals surface area contributed by atoms with E-state index in [-0.39, 0.29) is 12.1 Å². The Balaban J connectivity index is 1.61. The zero-order valence-corrected chi connectivity index (χ0v) is 18.3. The molecular weight excluding hydrogens is 412 g/mol. The second-order valence-corrected chi connectivity index (χ2v) is 8.93. The van der Waals surface area contributed by atoms with Crippen molar-refractivity contribution in [1.82, 2.24) is 19.8 Å². The van der Waals surface area contributed by atoms with Crippen molar-refractivity contribution in [2.45, 2.75) is 50.2 Å². The maximum absolute atomic E-state index is 6.31. The van der Waals surface area contributed by atoms with Crippen LogP contribution < -0.4 is 5.32 Å². The largest absolute Gasteiger partial charge is 0.352 e. The lowest BCUT2D eigenvalue weighted by atomic mass is 9.92. The summed E-state index contributed by atoms with van der Waals surface area (Å²) in [6.07, 6.45) is 10.2. The molecule has 1 N–H and O–H groups in total. The van der Waals surface area contributed by atoms with E-state index in [1.165, 1.54) is 37.8 Å². The molecule has 5 rings (SSSR count). The summed E-state index contributed by atoms with van der Waals surface area (Å²) < 4.78 is 2.23. The standard InChI is InChI=1S/C24H25ClN4S/c25-17-8-6-11-19(16-17)28-15-7-13-21(28)23-22(20-12-4-5-14-26-20)27-24(30)29(23)18-9-2-1-3-10-18/h4-8,11-16,18,22-23H,1-3,9-10H2,(H,27,30)/t22-,23+/m1/s1. The highest BCUT2D eigenvalue weighted by molar-refractivity contribution is 7.80. The average Bonchev–Trinajstić information content (AvgIpc) is 3.39. The Morgan fingerprint density at radius 1 is 1.00 bits per heavy atom. The van der Waals surface area contributed by atoms with E-state index in [1.807, 2.05) is 36.5 Å². The van der Waals surface area contributed by atoms with E-state index in [0.717, 1.165) is 21.5 Å². The van der Waals surface area contributed by atoms with Gasteiger partial charge in [-0.3, -0.25) is 4.98 Å². The predicted molar refractivity (Wildman–Crippen MR) is 125 cm³/mol. The molecule has 1 saturated carbocycles. The van der Waals surface area contributed by atoms with Crippen LogP contribution in [0.3, 0.4) is 0 Å². The van der Waals surface area contributed by atoms with Crippen molar-refractivity contribution in [2.24, 2.45) is 0 Å².